The Morgan fingerprint density at radius 1 is 1.38 bits per heavy atom. The third-order valence-corrected chi connectivity index (χ3v) is 0.989. The largest absolute Gasteiger partial charge is 0.300 e. The smallest absolute Gasteiger partial charge is 0.0797 e. The van der Waals surface area contributed by atoms with Crippen LogP contribution in [0.1, 0.15) is 13.8 Å². The molecule has 0 aliphatic carbocycles. The van der Waals surface area contributed by atoms with E-state index in [1.54, 1.807) is 0 Å². The van der Waals surface area contributed by atoms with E-state index >= 15 is 0 Å². The fourth-order valence-corrected chi connectivity index (χ4v) is 0.503. The molecule has 1 N–H and O–H groups in total. The maximum atomic E-state index is 5.60. The lowest BCUT2D eigenvalue weighted by Crippen LogP contribution is -2.26. The third-order valence-electron chi connectivity index (χ3n) is 0.680. The van der Waals surface area contributed by atoms with E-state index in [0.29, 0.717) is 0 Å². The van der Waals surface area contributed by atoms with Crippen LogP contribution in [0.3, 0.4) is 0 Å². The molecule has 0 aliphatic rings. The van der Waals surface area contributed by atoms with Crippen LogP contribution in [0.25, 0.3) is 0 Å². The summed E-state index contributed by atoms with van der Waals surface area (Å²) < 4.78 is 0. The number of nitrogens with one attached hydrogen (secondary N) is 1. The lowest BCUT2D eigenvalue weighted by molar-refractivity contribution is 0.668. The van der Waals surface area contributed by atoms with Crippen LogP contribution in [0, 0.1) is 0 Å². The van der Waals surface area contributed by atoms with Gasteiger partial charge in [-0.25, -0.2) is 0 Å². The average Bonchev–Trinajstić information content (AvgIpc) is 1.61. The Hall–Kier alpha value is 0.540. The molecular weight excluding hydrogens is 145 g/mol. The molecule has 0 heterocycles. The van der Waals surface area contributed by atoms with Crippen LogP contribution in [0.15, 0.2) is 0 Å². The highest BCUT2D eigenvalue weighted by Crippen LogP contribution is 1.92. The molecule has 0 aromatic heterocycles. The monoisotopic (exact) mass is 155 g/mol. The normalized spacial score (nSPS) is 18.0. The van der Waals surface area contributed by atoms with Gasteiger partial charge in [-0.15, -0.1) is 23.2 Å². The van der Waals surface area contributed by atoms with Crippen LogP contribution in [0.2, 0.25) is 0 Å². The van der Waals surface area contributed by atoms with Gasteiger partial charge in [0.25, 0.3) is 0 Å². The second-order valence-electron chi connectivity index (χ2n) is 1.81. The maximum absolute atomic E-state index is 5.60. The van der Waals surface area contributed by atoms with Gasteiger partial charge in [-0.3, -0.25) is 0 Å². The van der Waals surface area contributed by atoms with Gasteiger partial charge in [-0.05, 0) is 13.8 Å². The van der Waals surface area contributed by atoms with Gasteiger partial charge in [0.05, 0.1) is 5.50 Å². The number of rotatable bonds is 3. The van der Waals surface area contributed by atoms with Gasteiger partial charge in [0, 0.05) is 11.9 Å². The van der Waals surface area contributed by atoms with Gasteiger partial charge >= 0.3 is 0 Å². The summed E-state index contributed by atoms with van der Waals surface area (Å²) in [6.45, 7) is 4.57. The number of hydrogen-bond donors (Lipinski definition) is 1. The van der Waals surface area contributed by atoms with Gasteiger partial charge in [-0.2, -0.15) is 0 Å². The summed E-state index contributed by atoms with van der Waals surface area (Å²) in [7, 11) is 0. The predicted molar refractivity (Wildman–Crippen MR) is 38.6 cm³/mol. The van der Waals surface area contributed by atoms with Crippen molar-refractivity contribution >= 4 is 23.2 Å². The Kier molecular flexibility index (Phi) is 4.72. The quantitative estimate of drug-likeness (QED) is 0.485. The molecule has 3 heteroatoms. The molecule has 0 rings (SSSR count). The van der Waals surface area contributed by atoms with Gasteiger partial charge in [0.15, 0.2) is 0 Å². The van der Waals surface area contributed by atoms with E-state index in [-0.39, 0.29) is 10.9 Å². The molecule has 0 radical (unpaired) electrons. The van der Waals surface area contributed by atoms with Gasteiger partial charge in [-0.1, -0.05) is 0 Å². The van der Waals surface area contributed by atoms with Crippen LogP contribution >= 0.6 is 23.2 Å². The van der Waals surface area contributed by atoms with E-state index in [2.05, 4.69) is 5.32 Å². The van der Waals surface area contributed by atoms with Crippen molar-refractivity contribution < 1.29 is 0 Å². The number of halogens is 2. The van der Waals surface area contributed by atoms with Crippen LogP contribution in [0.4, 0.5) is 0 Å². The Morgan fingerprint density at radius 3 is 2.00 bits per heavy atom. The summed E-state index contributed by atoms with van der Waals surface area (Å²) in [4.78, 5) is 0. The minimum atomic E-state index is 0.0243. The Balaban J connectivity index is 2.93. The van der Waals surface area contributed by atoms with Crippen LogP contribution in [0.5, 0.6) is 0 Å². The predicted octanol–water partition coefficient (Wildman–Crippen LogP) is 1.79. The molecule has 0 bridgehead atoms. The summed E-state index contributed by atoms with van der Waals surface area (Å²) in [5.41, 5.74) is 0.0243. The second kappa shape index (κ2) is 4.42. The van der Waals surface area contributed by atoms with Crippen LogP contribution < -0.4 is 5.32 Å². The lowest BCUT2D eigenvalue weighted by Gasteiger charge is -2.06. The first-order valence-corrected chi connectivity index (χ1v) is 3.51. The van der Waals surface area contributed by atoms with Gasteiger partial charge < -0.3 is 5.32 Å². The molecule has 0 aromatic rings. The molecule has 0 fully saturated rings. The van der Waals surface area contributed by atoms with Crippen molar-refractivity contribution in [2.75, 3.05) is 6.54 Å². The zero-order valence-corrected chi connectivity index (χ0v) is 6.63. The van der Waals surface area contributed by atoms with Crippen molar-refractivity contribution in [1.82, 2.24) is 5.32 Å². The SMILES string of the molecule is CC(Cl)CNC(C)Cl. The van der Waals surface area contributed by atoms with E-state index in [0.717, 1.165) is 6.54 Å². The van der Waals surface area contributed by atoms with Gasteiger partial charge in [0.1, 0.15) is 0 Å². The Labute approximate surface area is 60.4 Å². The molecule has 50 valence electrons. The average molecular weight is 156 g/mol. The zero-order chi connectivity index (χ0) is 6.57. The maximum Gasteiger partial charge on any atom is 0.0797 e. The molecular formula is C5H11Cl2N. The standard InChI is InChI=1S/C5H11Cl2N/c1-4(6)3-8-5(2)7/h4-5,8H,3H2,1-2H3. The fourth-order valence-electron chi connectivity index (χ4n) is 0.325. The van der Waals surface area contributed by atoms with Crippen LogP contribution in [-0.2, 0) is 0 Å². The first-order chi connectivity index (χ1) is 3.63. The summed E-state index contributed by atoms with van der Waals surface area (Å²) in [6.07, 6.45) is 0. The lowest BCUT2D eigenvalue weighted by atomic mass is 10.5. The van der Waals surface area contributed by atoms with E-state index in [1.165, 1.54) is 0 Å². The van der Waals surface area contributed by atoms with E-state index < -0.39 is 0 Å². The minimum absolute atomic E-state index is 0.0243. The molecule has 0 saturated carbocycles. The Bertz CT molecular complexity index is 46.4. The van der Waals surface area contributed by atoms with E-state index in [1.807, 2.05) is 13.8 Å². The molecule has 0 aliphatic heterocycles. The Morgan fingerprint density at radius 2 is 1.88 bits per heavy atom. The summed E-state index contributed by atoms with van der Waals surface area (Å²) in [5.74, 6) is 0. The number of hydrogen-bond acceptors (Lipinski definition) is 1. The minimum Gasteiger partial charge on any atom is -0.300 e. The highest BCUT2D eigenvalue weighted by Gasteiger charge is 1.96. The topological polar surface area (TPSA) is 12.0 Å². The van der Waals surface area contributed by atoms with Crippen molar-refractivity contribution in [1.29, 1.82) is 0 Å². The molecule has 0 amide bonds. The summed E-state index contributed by atoms with van der Waals surface area (Å²) >= 11 is 11.2. The van der Waals surface area contributed by atoms with Crippen molar-refractivity contribution in [3.05, 3.63) is 0 Å². The van der Waals surface area contributed by atoms with Crippen LogP contribution in [-0.4, -0.2) is 17.4 Å². The summed E-state index contributed by atoms with van der Waals surface area (Å²) in [5, 5.41) is 3.14. The number of alkyl halides is 2. The van der Waals surface area contributed by atoms with Crippen molar-refractivity contribution in [2.24, 2.45) is 0 Å². The summed E-state index contributed by atoms with van der Waals surface area (Å²) in [6, 6.07) is 0. The molecule has 2 unspecified atom stereocenters. The molecule has 0 spiro atoms. The zero-order valence-electron chi connectivity index (χ0n) is 5.12. The highest BCUT2D eigenvalue weighted by molar-refractivity contribution is 6.21. The van der Waals surface area contributed by atoms with Crippen molar-refractivity contribution in [3.63, 3.8) is 0 Å². The van der Waals surface area contributed by atoms with E-state index in [9.17, 15) is 0 Å². The van der Waals surface area contributed by atoms with Crippen molar-refractivity contribution in [2.45, 2.75) is 24.7 Å². The second-order valence-corrected chi connectivity index (χ2v) is 3.20. The highest BCUT2D eigenvalue weighted by atomic mass is 35.5. The molecule has 8 heavy (non-hydrogen) atoms. The molecule has 0 saturated heterocycles. The van der Waals surface area contributed by atoms with Crippen molar-refractivity contribution in [3.8, 4) is 0 Å². The van der Waals surface area contributed by atoms with E-state index in [4.69, 9.17) is 23.2 Å². The first kappa shape index (κ1) is 8.54. The first-order valence-electron chi connectivity index (χ1n) is 2.64. The van der Waals surface area contributed by atoms with Gasteiger partial charge in [0.2, 0.25) is 0 Å². The molecule has 1 nitrogen and oxygen atoms in total. The molecule has 0 aromatic carbocycles. The molecule has 2 atom stereocenters. The fraction of sp³-hybridized carbons (Fsp3) is 1.00. The third kappa shape index (κ3) is 6.54.